The van der Waals surface area contributed by atoms with Gasteiger partial charge in [-0.1, -0.05) is 48.5 Å². The summed E-state index contributed by atoms with van der Waals surface area (Å²) in [5.74, 6) is -1.60. The number of thiophene rings is 1. The number of nitrogens with zero attached hydrogens (tertiary/aromatic N) is 3. The molecule has 6 aromatic rings. The largest absolute Gasteiger partial charge is 0.490 e. The molecule has 0 aliphatic heterocycles. The Kier molecular flexibility index (Phi) is 7.87. The van der Waals surface area contributed by atoms with Crippen LogP contribution in [0.5, 0.6) is 0 Å². The molecule has 12 heteroatoms. The average Bonchev–Trinajstić information content (AvgIpc) is 3.76. The van der Waals surface area contributed by atoms with Crippen LogP contribution in [0, 0.1) is 0 Å². The van der Waals surface area contributed by atoms with Gasteiger partial charge in [-0.2, -0.15) is 18.3 Å². The predicted molar refractivity (Wildman–Crippen MR) is 163 cm³/mol. The number of carboxylic acids is 1. The standard InChI is InChI=1S/C30H26N4O2S.C2HF3O2/c31-30-28-23(24(16-32-30)19-15-33-34(17-19)20-10-12-21(35)13-11-20)14-25(36-28)27-22-8-4-5-9-26(22)37-29(27)18-6-2-1-3-7-18;3-2(4,5)1(6)7/h1-9,14-17,20-21,35H,10-13H2,(H2,31,32);(H,6,7). The molecule has 4 N–H and O–H groups in total. The number of aromatic nitrogens is 3. The molecule has 0 bridgehead atoms. The second-order valence-corrected chi connectivity index (χ2v) is 11.6. The van der Waals surface area contributed by atoms with Crippen LogP contribution in [-0.2, 0) is 4.79 Å². The van der Waals surface area contributed by atoms with E-state index in [-0.39, 0.29) is 6.10 Å². The van der Waals surface area contributed by atoms with Gasteiger partial charge in [-0.25, -0.2) is 9.78 Å². The van der Waals surface area contributed by atoms with Crippen LogP contribution in [-0.4, -0.2) is 43.2 Å². The number of rotatable bonds is 4. The minimum absolute atomic E-state index is 0.189. The number of nitrogen functional groups attached to an aromatic ring is 1. The van der Waals surface area contributed by atoms with Crippen LogP contribution in [0.3, 0.4) is 0 Å². The second-order valence-electron chi connectivity index (χ2n) is 10.6. The number of fused-ring (bicyclic) bond motifs is 2. The van der Waals surface area contributed by atoms with E-state index in [0.717, 1.165) is 64.5 Å². The van der Waals surface area contributed by atoms with E-state index < -0.39 is 12.1 Å². The molecule has 1 aliphatic carbocycles. The zero-order valence-electron chi connectivity index (χ0n) is 23.2. The van der Waals surface area contributed by atoms with Gasteiger partial charge in [0, 0.05) is 49.4 Å². The van der Waals surface area contributed by atoms with Gasteiger partial charge in [-0.05, 0) is 43.4 Å². The van der Waals surface area contributed by atoms with E-state index in [0.29, 0.717) is 17.4 Å². The number of furan rings is 1. The lowest BCUT2D eigenvalue weighted by Crippen LogP contribution is -2.21. The highest BCUT2D eigenvalue weighted by atomic mass is 32.1. The Balaban J connectivity index is 0.000000441. The van der Waals surface area contributed by atoms with E-state index in [2.05, 4.69) is 70.9 Å². The third-order valence-corrected chi connectivity index (χ3v) is 8.88. The molecule has 0 radical (unpaired) electrons. The number of aliphatic carboxylic acids is 1. The molecule has 4 aromatic heterocycles. The molecule has 0 amide bonds. The van der Waals surface area contributed by atoms with Gasteiger partial charge in [0.1, 0.15) is 5.76 Å². The fourth-order valence-electron chi connectivity index (χ4n) is 5.48. The number of halogens is 3. The highest BCUT2D eigenvalue weighted by Crippen LogP contribution is 2.47. The van der Waals surface area contributed by atoms with Crippen LogP contribution in [0.2, 0.25) is 0 Å². The number of pyridine rings is 1. The SMILES string of the molecule is Nc1ncc(-c2cnn(C3CCC(O)CC3)c2)c2cc(-c3c(-c4ccccc4)sc4ccccc34)oc12.O=C(O)C(F)(F)F. The van der Waals surface area contributed by atoms with Crippen molar-refractivity contribution in [3.05, 3.63) is 79.3 Å². The van der Waals surface area contributed by atoms with Crippen molar-refractivity contribution in [3.8, 4) is 32.9 Å². The van der Waals surface area contributed by atoms with Crippen molar-refractivity contribution >= 4 is 44.2 Å². The fraction of sp³-hybridized carbons (Fsp3) is 0.219. The summed E-state index contributed by atoms with van der Waals surface area (Å²) in [6.07, 6.45) is 4.00. The quantitative estimate of drug-likeness (QED) is 0.183. The van der Waals surface area contributed by atoms with Crippen molar-refractivity contribution in [2.24, 2.45) is 0 Å². The summed E-state index contributed by atoms with van der Waals surface area (Å²) in [6.45, 7) is 0. The molecule has 2 aromatic carbocycles. The number of benzene rings is 2. The molecule has 0 unspecified atom stereocenters. The van der Waals surface area contributed by atoms with E-state index in [1.165, 1.54) is 9.58 Å². The lowest BCUT2D eigenvalue weighted by molar-refractivity contribution is -0.192. The first-order valence-corrected chi connectivity index (χ1v) is 14.7. The highest BCUT2D eigenvalue weighted by molar-refractivity contribution is 7.23. The Hall–Kier alpha value is -4.68. The highest BCUT2D eigenvalue weighted by Gasteiger charge is 2.38. The molecule has 0 spiro atoms. The summed E-state index contributed by atoms with van der Waals surface area (Å²) in [5.41, 5.74) is 11.1. The molecule has 226 valence electrons. The van der Waals surface area contributed by atoms with Crippen LogP contribution >= 0.6 is 11.3 Å². The zero-order valence-corrected chi connectivity index (χ0v) is 24.0. The summed E-state index contributed by atoms with van der Waals surface area (Å²) < 4.78 is 41.5. The molecule has 4 heterocycles. The van der Waals surface area contributed by atoms with Gasteiger partial charge in [0.05, 0.1) is 18.3 Å². The van der Waals surface area contributed by atoms with Gasteiger partial charge in [-0.15, -0.1) is 11.3 Å². The lowest BCUT2D eigenvalue weighted by atomic mass is 9.93. The van der Waals surface area contributed by atoms with Crippen LogP contribution < -0.4 is 5.73 Å². The Morgan fingerprint density at radius 1 is 0.977 bits per heavy atom. The van der Waals surface area contributed by atoms with E-state index in [9.17, 15) is 18.3 Å². The van der Waals surface area contributed by atoms with E-state index in [4.69, 9.17) is 20.1 Å². The maximum absolute atomic E-state index is 10.6. The number of aliphatic hydroxyl groups is 1. The third kappa shape index (κ3) is 5.78. The van der Waals surface area contributed by atoms with E-state index >= 15 is 0 Å². The molecule has 1 saturated carbocycles. The smallest absolute Gasteiger partial charge is 0.475 e. The topological polar surface area (TPSA) is 127 Å². The van der Waals surface area contributed by atoms with Crippen molar-refractivity contribution in [1.29, 1.82) is 0 Å². The number of hydrogen-bond donors (Lipinski definition) is 3. The number of alkyl halides is 3. The maximum atomic E-state index is 10.6. The molecule has 1 aliphatic rings. The number of nitrogens with two attached hydrogens (primary N) is 1. The van der Waals surface area contributed by atoms with Crippen LogP contribution in [0.25, 0.3) is 53.9 Å². The summed E-state index contributed by atoms with van der Waals surface area (Å²) in [7, 11) is 0. The molecular weight excluding hydrogens is 593 g/mol. The predicted octanol–water partition coefficient (Wildman–Crippen LogP) is 7.93. The molecule has 1 fully saturated rings. The number of hydrogen-bond acceptors (Lipinski definition) is 7. The minimum Gasteiger partial charge on any atom is -0.475 e. The van der Waals surface area contributed by atoms with Crippen LogP contribution in [0.1, 0.15) is 31.7 Å². The first-order chi connectivity index (χ1) is 21.1. The van der Waals surface area contributed by atoms with Gasteiger partial charge in [0.15, 0.2) is 11.4 Å². The van der Waals surface area contributed by atoms with Crippen molar-refractivity contribution in [2.75, 3.05) is 5.73 Å². The summed E-state index contributed by atoms with van der Waals surface area (Å²) >= 11 is 1.77. The van der Waals surface area contributed by atoms with Gasteiger partial charge < -0.3 is 20.4 Å². The summed E-state index contributed by atoms with van der Waals surface area (Å²) in [4.78, 5) is 14.5. The maximum Gasteiger partial charge on any atom is 0.490 e. The molecular formula is C32H27F3N4O4S. The van der Waals surface area contributed by atoms with E-state index in [1.807, 2.05) is 23.1 Å². The second kappa shape index (κ2) is 11.8. The monoisotopic (exact) mass is 620 g/mol. The number of carbonyl (C=O) groups is 1. The molecule has 0 saturated heterocycles. The Bertz CT molecular complexity index is 1940. The van der Waals surface area contributed by atoms with Crippen molar-refractivity contribution in [1.82, 2.24) is 14.8 Å². The Morgan fingerprint density at radius 2 is 1.66 bits per heavy atom. The Labute approximate surface area is 253 Å². The van der Waals surface area contributed by atoms with Crippen molar-refractivity contribution < 1.29 is 32.6 Å². The third-order valence-electron chi connectivity index (χ3n) is 7.66. The van der Waals surface area contributed by atoms with Gasteiger partial charge >= 0.3 is 12.1 Å². The molecule has 8 nitrogen and oxygen atoms in total. The molecule has 44 heavy (non-hydrogen) atoms. The van der Waals surface area contributed by atoms with Gasteiger partial charge in [-0.3, -0.25) is 4.68 Å². The number of aliphatic hydroxyl groups excluding tert-OH is 1. The first-order valence-electron chi connectivity index (χ1n) is 13.9. The van der Waals surface area contributed by atoms with Crippen LogP contribution in [0.15, 0.2) is 83.7 Å². The number of carboxylic acid groups (broad SMARTS) is 1. The zero-order chi connectivity index (χ0) is 31.0. The first kappa shape index (κ1) is 29.4. The lowest BCUT2D eigenvalue weighted by Gasteiger charge is -2.25. The van der Waals surface area contributed by atoms with Crippen molar-refractivity contribution in [3.63, 3.8) is 0 Å². The van der Waals surface area contributed by atoms with Gasteiger partial charge in [0.25, 0.3) is 0 Å². The fourth-order valence-corrected chi connectivity index (χ4v) is 6.69. The normalized spacial score (nSPS) is 17.0. The molecule has 7 rings (SSSR count). The summed E-state index contributed by atoms with van der Waals surface area (Å²) in [5, 5.41) is 23.8. The van der Waals surface area contributed by atoms with Crippen molar-refractivity contribution in [2.45, 2.75) is 44.0 Å². The average molecular weight is 621 g/mol. The minimum atomic E-state index is -5.08. The Morgan fingerprint density at radius 3 is 2.36 bits per heavy atom. The summed E-state index contributed by atoms with van der Waals surface area (Å²) in [6, 6.07) is 21.3. The van der Waals surface area contributed by atoms with E-state index in [1.54, 1.807) is 11.3 Å². The van der Waals surface area contributed by atoms with Gasteiger partial charge in [0.2, 0.25) is 0 Å². The molecule has 0 atom stereocenters. The van der Waals surface area contributed by atoms with Crippen LogP contribution in [0.4, 0.5) is 19.0 Å². The number of anilines is 1.